The smallest absolute Gasteiger partial charge is 0.240 e. The van der Waals surface area contributed by atoms with E-state index in [9.17, 15) is 13.5 Å². The molecular formula is C19H18ClNO5S. The lowest BCUT2D eigenvalue weighted by molar-refractivity contribution is 0.182. The van der Waals surface area contributed by atoms with Crippen LogP contribution in [-0.4, -0.2) is 27.2 Å². The number of benzene rings is 2. The van der Waals surface area contributed by atoms with Crippen LogP contribution in [0.5, 0.6) is 5.75 Å². The number of hydrogen-bond donors (Lipinski definition) is 2. The van der Waals surface area contributed by atoms with E-state index in [1.54, 1.807) is 36.6 Å². The second kappa shape index (κ2) is 8.14. The molecule has 0 saturated carbocycles. The van der Waals surface area contributed by atoms with E-state index in [4.69, 9.17) is 20.8 Å². The van der Waals surface area contributed by atoms with Crippen LogP contribution in [0.2, 0.25) is 5.02 Å². The summed E-state index contributed by atoms with van der Waals surface area (Å²) in [6, 6.07) is 14.8. The van der Waals surface area contributed by atoms with Gasteiger partial charge in [0.15, 0.2) is 0 Å². The van der Waals surface area contributed by atoms with Gasteiger partial charge in [-0.2, -0.15) is 0 Å². The molecule has 0 radical (unpaired) electrons. The Morgan fingerprint density at radius 2 is 1.93 bits per heavy atom. The SMILES string of the molecule is COc1ccc(S(=O)(=O)NC[C@@H](O)c2ccc(-c3ccco3)cc2)cc1Cl. The molecule has 2 aromatic carbocycles. The van der Waals surface area contributed by atoms with E-state index in [2.05, 4.69) is 4.72 Å². The highest BCUT2D eigenvalue weighted by Crippen LogP contribution is 2.27. The Morgan fingerprint density at radius 1 is 1.19 bits per heavy atom. The topological polar surface area (TPSA) is 88.8 Å². The van der Waals surface area contributed by atoms with Crippen molar-refractivity contribution < 1.29 is 22.7 Å². The summed E-state index contributed by atoms with van der Waals surface area (Å²) in [7, 11) is -2.37. The number of furan rings is 1. The highest BCUT2D eigenvalue weighted by atomic mass is 35.5. The average molecular weight is 408 g/mol. The molecule has 3 aromatic rings. The molecule has 0 amide bonds. The second-order valence-corrected chi connectivity index (χ2v) is 7.94. The number of rotatable bonds is 7. The minimum absolute atomic E-state index is 0.00586. The van der Waals surface area contributed by atoms with Gasteiger partial charge in [0.1, 0.15) is 11.5 Å². The van der Waals surface area contributed by atoms with Gasteiger partial charge in [-0.25, -0.2) is 13.1 Å². The molecule has 0 spiro atoms. The highest BCUT2D eigenvalue weighted by molar-refractivity contribution is 7.89. The number of aliphatic hydroxyl groups is 1. The summed E-state index contributed by atoms with van der Waals surface area (Å²) in [6.45, 7) is -0.175. The van der Waals surface area contributed by atoms with Gasteiger partial charge < -0.3 is 14.3 Å². The third kappa shape index (κ3) is 4.51. The van der Waals surface area contributed by atoms with E-state index in [1.807, 2.05) is 6.07 Å². The number of ether oxygens (including phenoxy) is 1. The van der Waals surface area contributed by atoms with Gasteiger partial charge in [-0.05, 0) is 35.9 Å². The zero-order chi connectivity index (χ0) is 19.4. The van der Waals surface area contributed by atoms with Gasteiger partial charge in [0.05, 0.1) is 29.4 Å². The second-order valence-electron chi connectivity index (χ2n) is 5.76. The molecule has 8 heteroatoms. The van der Waals surface area contributed by atoms with Crippen LogP contribution < -0.4 is 9.46 Å². The first-order valence-electron chi connectivity index (χ1n) is 8.06. The largest absolute Gasteiger partial charge is 0.495 e. The lowest BCUT2D eigenvalue weighted by Gasteiger charge is -2.13. The molecule has 1 heterocycles. The number of sulfonamides is 1. The molecule has 0 bridgehead atoms. The standard InChI is InChI=1S/C19H18ClNO5S/c1-25-19-9-8-15(11-16(19)20)27(23,24)21-12-17(22)13-4-6-14(7-5-13)18-3-2-10-26-18/h2-11,17,21-22H,12H2,1H3/t17-/m1/s1. The molecule has 2 N–H and O–H groups in total. The first-order valence-corrected chi connectivity index (χ1v) is 9.92. The van der Waals surface area contributed by atoms with Crippen LogP contribution in [0.1, 0.15) is 11.7 Å². The van der Waals surface area contributed by atoms with Gasteiger partial charge in [-0.1, -0.05) is 35.9 Å². The maximum absolute atomic E-state index is 12.4. The van der Waals surface area contributed by atoms with Crippen LogP contribution in [0.4, 0.5) is 0 Å². The molecule has 6 nitrogen and oxygen atoms in total. The van der Waals surface area contributed by atoms with Crippen LogP contribution in [0.3, 0.4) is 0 Å². The lowest BCUT2D eigenvalue weighted by atomic mass is 10.1. The van der Waals surface area contributed by atoms with Crippen molar-refractivity contribution in [2.24, 2.45) is 0 Å². The third-order valence-corrected chi connectivity index (χ3v) is 5.72. The zero-order valence-corrected chi connectivity index (χ0v) is 16.0. The molecule has 1 atom stereocenters. The van der Waals surface area contributed by atoms with Gasteiger partial charge in [-0.15, -0.1) is 0 Å². The Labute approximate surface area is 162 Å². The highest BCUT2D eigenvalue weighted by Gasteiger charge is 2.18. The lowest BCUT2D eigenvalue weighted by Crippen LogP contribution is -2.28. The van der Waals surface area contributed by atoms with E-state index in [0.717, 1.165) is 5.56 Å². The van der Waals surface area contributed by atoms with Gasteiger partial charge in [0, 0.05) is 12.1 Å². The molecule has 142 valence electrons. The van der Waals surface area contributed by atoms with E-state index in [0.29, 0.717) is 17.1 Å². The average Bonchev–Trinajstić information content (AvgIpc) is 3.21. The quantitative estimate of drug-likeness (QED) is 0.624. The molecule has 0 fully saturated rings. The first-order chi connectivity index (χ1) is 12.9. The van der Waals surface area contributed by atoms with Crippen molar-refractivity contribution >= 4 is 21.6 Å². The van der Waals surface area contributed by atoms with Crippen LogP contribution in [0.25, 0.3) is 11.3 Å². The number of halogens is 1. The zero-order valence-electron chi connectivity index (χ0n) is 14.4. The Kier molecular flexibility index (Phi) is 5.86. The fourth-order valence-electron chi connectivity index (χ4n) is 2.52. The molecule has 0 aliphatic rings. The molecule has 0 unspecified atom stereocenters. The van der Waals surface area contributed by atoms with Gasteiger partial charge >= 0.3 is 0 Å². The molecule has 27 heavy (non-hydrogen) atoms. The Morgan fingerprint density at radius 3 is 2.52 bits per heavy atom. The molecule has 1 aromatic heterocycles. The molecule has 0 aliphatic heterocycles. The van der Waals surface area contributed by atoms with Crippen LogP contribution >= 0.6 is 11.6 Å². The van der Waals surface area contributed by atoms with Crippen molar-refractivity contribution in [3.8, 4) is 17.1 Å². The maximum atomic E-state index is 12.4. The summed E-state index contributed by atoms with van der Waals surface area (Å²) in [5.74, 6) is 1.10. The van der Waals surface area contributed by atoms with Gasteiger partial charge in [0.2, 0.25) is 10.0 Å². The van der Waals surface area contributed by atoms with Crippen LogP contribution in [0, 0.1) is 0 Å². The third-order valence-electron chi connectivity index (χ3n) is 4.00. The van der Waals surface area contributed by atoms with E-state index < -0.39 is 16.1 Å². The maximum Gasteiger partial charge on any atom is 0.240 e. The van der Waals surface area contributed by atoms with E-state index in [-0.39, 0.29) is 16.5 Å². The van der Waals surface area contributed by atoms with Crippen molar-refractivity contribution in [1.29, 1.82) is 0 Å². The first kappa shape index (κ1) is 19.4. The summed E-state index contributed by atoms with van der Waals surface area (Å²) >= 11 is 5.98. The number of hydrogen-bond acceptors (Lipinski definition) is 5. The summed E-state index contributed by atoms with van der Waals surface area (Å²) in [5.41, 5.74) is 1.45. The van der Waals surface area contributed by atoms with Crippen LogP contribution in [-0.2, 0) is 10.0 Å². The normalized spacial score (nSPS) is 12.7. The Bertz CT molecular complexity index is 1000. The number of nitrogens with one attached hydrogen (secondary N) is 1. The van der Waals surface area contributed by atoms with Crippen molar-refractivity contribution in [2.45, 2.75) is 11.0 Å². The molecule has 0 saturated heterocycles. The number of methoxy groups -OCH3 is 1. The van der Waals surface area contributed by atoms with Gasteiger partial charge in [0.25, 0.3) is 0 Å². The minimum Gasteiger partial charge on any atom is -0.495 e. The summed E-state index contributed by atoms with van der Waals surface area (Å²) in [6.07, 6.45) is 0.581. The monoisotopic (exact) mass is 407 g/mol. The Hall–Kier alpha value is -2.32. The number of aliphatic hydroxyl groups excluding tert-OH is 1. The van der Waals surface area contributed by atoms with Crippen molar-refractivity contribution in [3.63, 3.8) is 0 Å². The molecule has 0 aliphatic carbocycles. The predicted molar refractivity (Wildman–Crippen MR) is 102 cm³/mol. The van der Waals surface area contributed by atoms with Crippen LogP contribution in [0.15, 0.2) is 70.2 Å². The van der Waals surface area contributed by atoms with Gasteiger partial charge in [-0.3, -0.25) is 0 Å². The molecule has 3 rings (SSSR count). The summed E-state index contributed by atoms with van der Waals surface area (Å²) < 4.78 is 37.5. The van der Waals surface area contributed by atoms with Crippen molar-refractivity contribution in [3.05, 3.63) is 71.4 Å². The fourth-order valence-corrected chi connectivity index (χ4v) is 3.90. The Balaban J connectivity index is 1.67. The van der Waals surface area contributed by atoms with E-state index in [1.165, 1.54) is 25.3 Å². The summed E-state index contributed by atoms with van der Waals surface area (Å²) in [5, 5.41) is 10.5. The van der Waals surface area contributed by atoms with E-state index >= 15 is 0 Å². The predicted octanol–water partition coefficient (Wildman–Crippen LogP) is 3.62. The minimum atomic E-state index is -3.82. The summed E-state index contributed by atoms with van der Waals surface area (Å²) in [4.78, 5) is -0.00586. The van der Waals surface area contributed by atoms with Crippen molar-refractivity contribution in [2.75, 3.05) is 13.7 Å². The van der Waals surface area contributed by atoms with Crippen molar-refractivity contribution in [1.82, 2.24) is 4.72 Å². The fraction of sp³-hybridized carbons (Fsp3) is 0.158. The molecular weight excluding hydrogens is 390 g/mol.